The molecule has 0 aliphatic heterocycles. The molecule has 0 saturated heterocycles. The number of aromatic nitrogens is 2. The molecule has 0 atom stereocenters. The van der Waals surface area contributed by atoms with Crippen molar-refractivity contribution in [2.24, 2.45) is 0 Å². The van der Waals surface area contributed by atoms with E-state index >= 15 is 0 Å². The zero-order valence-corrected chi connectivity index (χ0v) is 15.0. The quantitative estimate of drug-likeness (QED) is 0.758. The Morgan fingerprint density at radius 1 is 0.962 bits per heavy atom. The molecule has 0 saturated carbocycles. The molecule has 1 heterocycles. The topological polar surface area (TPSA) is 68.0 Å². The van der Waals surface area contributed by atoms with Crippen molar-refractivity contribution in [3.8, 4) is 11.5 Å². The largest absolute Gasteiger partial charge is 0.403 e. The number of rotatable bonds is 3. The van der Waals surface area contributed by atoms with Crippen LogP contribution in [-0.4, -0.2) is 16.1 Å². The van der Waals surface area contributed by atoms with E-state index in [2.05, 4.69) is 28.5 Å². The van der Waals surface area contributed by atoms with Crippen molar-refractivity contribution in [3.05, 3.63) is 64.2 Å². The van der Waals surface area contributed by atoms with Gasteiger partial charge in [-0.2, -0.15) is 0 Å². The van der Waals surface area contributed by atoms with Gasteiger partial charge in [-0.05, 0) is 86.1 Å². The molecule has 4 rings (SSSR count). The van der Waals surface area contributed by atoms with Gasteiger partial charge in [-0.3, -0.25) is 10.1 Å². The summed E-state index contributed by atoms with van der Waals surface area (Å²) in [5, 5.41) is 10.7. The smallest absolute Gasteiger partial charge is 0.322 e. The summed E-state index contributed by atoms with van der Waals surface area (Å²) in [6.45, 7) is 4.09. The van der Waals surface area contributed by atoms with Crippen molar-refractivity contribution >= 4 is 11.9 Å². The minimum atomic E-state index is -0.228. The van der Waals surface area contributed by atoms with E-state index in [4.69, 9.17) is 4.42 Å². The van der Waals surface area contributed by atoms with Crippen molar-refractivity contribution < 1.29 is 9.21 Å². The van der Waals surface area contributed by atoms with Gasteiger partial charge in [0, 0.05) is 11.1 Å². The van der Waals surface area contributed by atoms with E-state index in [-0.39, 0.29) is 11.9 Å². The van der Waals surface area contributed by atoms with Gasteiger partial charge in [-0.15, -0.1) is 5.10 Å². The van der Waals surface area contributed by atoms with Gasteiger partial charge in [0.15, 0.2) is 0 Å². The normalized spacial score (nSPS) is 13.3. The maximum atomic E-state index is 12.5. The minimum absolute atomic E-state index is 0.112. The Hall–Kier alpha value is -2.95. The van der Waals surface area contributed by atoms with Crippen molar-refractivity contribution in [2.75, 3.05) is 5.32 Å². The van der Waals surface area contributed by atoms with Crippen molar-refractivity contribution in [1.29, 1.82) is 0 Å². The van der Waals surface area contributed by atoms with E-state index in [9.17, 15) is 4.79 Å². The van der Waals surface area contributed by atoms with Crippen LogP contribution in [0.25, 0.3) is 11.5 Å². The van der Waals surface area contributed by atoms with Gasteiger partial charge in [0.05, 0.1) is 0 Å². The third-order valence-corrected chi connectivity index (χ3v) is 5.01. The monoisotopic (exact) mass is 347 g/mol. The molecular formula is C21H21N3O2. The molecule has 1 aliphatic carbocycles. The molecule has 5 heteroatoms. The summed E-state index contributed by atoms with van der Waals surface area (Å²) < 4.78 is 5.62. The van der Waals surface area contributed by atoms with Gasteiger partial charge < -0.3 is 4.42 Å². The second-order valence-corrected chi connectivity index (χ2v) is 6.86. The number of nitrogens with zero attached hydrogens (tertiary/aromatic N) is 2. The lowest BCUT2D eigenvalue weighted by atomic mass is 9.90. The van der Waals surface area contributed by atoms with E-state index in [1.54, 1.807) is 0 Å². The number of anilines is 1. The van der Waals surface area contributed by atoms with Gasteiger partial charge >= 0.3 is 6.01 Å². The summed E-state index contributed by atoms with van der Waals surface area (Å²) in [4.78, 5) is 12.5. The fraction of sp³-hybridized carbons (Fsp3) is 0.286. The Bertz CT molecular complexity index is 975. The van der Waals surface area contributed by atoms with E-state index in [1.807, 2.05) is 37.3 Å². The van der Waals surface area contributed by atoms with Crippen LogP contribution in [0.1, 0.15) is 45.5 Å². The summed E-state index contributed by atoms with van der Waals surface area (Å²) in [6, 6.07) is 12.0. The lowest BCUT2D eigenvalue weighted by Crippen LogP contribution is -2.13. The highest BCUT2D eigenvalue weighted by Gasteiger charge is 2.16. The van der Waals surface area contributed by atoms with Gasteiger partial charge in [-0.1, -0.05) is 17.2 Å². The Labute approximate surface area is 152 Å². The number of amides is 1. The molecule has 5 nitrogen and oxygen atoms in total. The highest BCUT2D eigenvalue weighted by atomic mass is 16.4. The number of fused-ring (bicyclic) bond motifs is 1. The predicted octanol–water partition coefficient (Wildman–Crippen LogP) is 4.48. The maximum absolute atomic E-state index is 12.5. The van der Waals surface area contributed by atoms with Gasteiger partial charge in [0.25, 0.3) is 5.91 Å². The molecule has 0 radical (unpaired) electrons. The molecule has 0 fully saturated rings. The summed E-state index contributed by atoms with van der Waals surface area (Å²) in [7, 11) is 0. The lowest BCUT2D eigenvalue weighted by molar-refractivity contribution is 0.102. The molecule has 0 unspecified atom stereocenters. The fourth-order valence-corrected chi connectivity index (χ4v) is 3.31. The SMILES string of the molecule is Cc1ccc(-c2nnc(NC(=O)c3ccc4c(c3)CCCC4)o2)cc1C. The summed E-state index contributed by atoms with van der Waals surface area (Å²) in [5.41, 5.74) is 6.44. The third-order valence-electron chi connectivity index (χ3n) is 5.01. The van der Waals surface area contributed by atoms with Crippen LogP contribution in [0.3, 0.4) is 0 Å². The summed E-state index contributed by atoms with van der Waals surface area (Å²) >= 11 is 0. The Kier molecular flexibility index (Phi) is 4.29. The molecular weight excluding hydrogens is 326 g/mol. The van der Waals surface area contributed by atoms with E-state index in [0.29, 0.717) is 11.5 Å². The molecule has 3 aromatic rings. The molecule has 1 N–H and O–H groups in total. The minimum Gasteiger partial charge on any atom is -0.403 e. The molecule has 1 aromatic heterocycles. The highest BCUT2D eigenvalue weighted by Crippen LogP contribution is 2.24. The molecule has 0 spiro atoms. The molecule has 1 aliphatic rings. The van der Waals surface area contributed by atoms with Gasteiger partial charge in [-0.25, -0.2) is 0 Å². The van der Waals surface area contributed by atoms with E-state index in [0.717, 1.165) is 24.0 Å². The van der Waals surface area contributed by atoms with Crippen LogP contribution in [0.2, 0.25) is 0 Å². The highest BCUT2D eigenvalue weighted by molar-refractivity contribution is 6.03. The Balaban J connectivity index is 1.52. The molecule has 2 aromatic carbocycles. The average molecular weight is 347 g/mol. The molecule has 0 bridgehead atoms. The first-order chi connectivity index (χ1) is 12.6. The van der Waals surface area contributed by atoms with Crippen LogP contribution in [0.4, 0.5) is 6.01 Å². The summed E-state index contributed by atoms with van der Waals surface area (Å²) in [6.07, 6.45) is 4.54. The van der Waals surface area contributed by atoms with Crippen molar-refractivity contribution in [1.82, 2.24) is 10.2 Å². The zero-order valence-electron chi connectivity index (χ0n) is 15.0. The number of nitrogens with one attached hydrogen (secondary N) is 1. The number of hydrogen-bond acceptors (Lipinski definition) is 4. The predicted molar refractivity (Wildman–Crippen MR) is 100 cm³/mol. The average Bonchev–Trinajstić information content (AvgIpc) is 3.12. The van der Waals surface area contributed by atoms with E-state index < -0.39 is 0 Å². The number of benzene rings is 2. The molecule has 26 heavy (non-hydrogen) atoms. The van der Waals surface area contributed by atoms with Crippen LogP contribution in [-0.2, 0) is 12.8 Å². The van der Waals surface area contributed by atoms with Crippen molar-refractivity contribution in [3.63, 3.8) is 0 Å². The Morgan fingerprint density at radius 3 is 2.58 bits per heavy atom. The van der Waals surface area contributed by atoms with Gasteiger partial charge in [0.1, 0.15) is 0 Å². The zero-order chi connectivity index (χ0) is 18.1. The lowest BCUT2D eigenvalue weighted by Gasteiger charge is -2.16. The van der Waals surface area contributed by atoms with Crippen LogP contribution in [0, 0.1) is 13.8 Å². The number of carbonyl (C=O) groups excluding carboxylic acids is 1. The van der Waals surface area contributed by atoms with Crippen LogP contribution >= 0.6 is 0 Å². The van der Waals surface area contributed by atoms with Crippen LogP contribution in [0.5, 0.6) is 0 Å². The number of carbonyl (C=O) groups is 1. The van der Waals surface area contributed by atoms with Crippen LogP contribution in [0.15, 0.2) is 40.8 Å². The van der Waals surface area contributed by atoms with Crippen LogP contribution < -0.4 is 5.32 Å². The second-order valence-electron chi connectivity index (χ2n) is 6.86. The molecule has 132 valence electrons. The number of hydrogen-bond donors (Lipinski definition) is 1. The number of aryl methyl sites for hydroxylation is 4. The maximum Gasteiger partial charge on any atom is 0.322 e. The Morgan fingerprint density at radius 2 is 1.77 bits per heavy atom. The first-order valence-corrected chi connectivity index (χ1v) is 8.94. The standard InChI is InChI=1S/C21H21N3O2/c1-13-7-8-18(11-14(13)2)20-23-24-21(26-20)22-19(25)17-10-9-15-5-3-4-6-16(15)12-17/h7-12H,3-6H2,1-2H3,(H,22,24,25). The van der Waals surface area contributed by atoms with Gasteiger partial charge in [0.2, 0.25) is 5.89 Å². The van der Waals surface area contributed by atoms with E-state index in [1.165, 1.54) is 29.5 Å². The molecule has 1 amide bonds. The first-order valence-electron chi connectivity index (χ1n) is 8.94. The summed E-state index contributed by atoms with van der Waals surface area (Å²) in [5.74, 6) is 0.169. The van der Waals surface area contributed by atoms with Crippen molar-refractivity contribution in [2.45, 2.75) is 39.5 Å². The third kappa shape index (κ3) is 3.25. The second kappa shape index (κ2) is 6.75. The fourth-order valence-electron chi connectivity index (χ4n) is 3.31. The first kappa shape index (κ1) is 16.5.